The number of fused-ring (bicyclic) bond motifs is 1. The molecule has 82 valence electrons. The summed E-state index contributed by atoms with van der Waals surface area (Å²) in [4.78, 5) is 15.5. The summed E-state index contributed by atoms with van der Waals surface area (Å²) in [5.41, 5.74) is 0. The predicted molar refractivity (Wildman–Crippen MR) is 49.8 cm³/mol. The predicted octanol–water partition coefficient (Wildman–Crippen LogP) is -0.494. The average molecular weight is 211 g/mol. The van der Waals surface area contributed by atoms with Gasteiger partial charge in [0.1, 0.15) is 12.4 Å². The van der Waals surface area contributed by atoms with Gasteiger partial charge in [0.25, 0.3) is 0 Å². The van der Waals surface area contributed by atoms with Crippen molar-refractivity contribution in [1.29, 1.82) is 0 Å². The second-order valence-corrected chi connectivity index (χ2v) is 3.54. The Labute approximate surface area is 86.9 Å². The van der Waals surface area contributed by atoms with E-state index in [4.69, 9.17) is 9.84 Å². The molecule has 2 rings (SSSR count). The maximum Gasteiger partial charge on any atom is 0.309 e. The number of hydrogen-bond acceptors (Lipinski definition) is 5. The van der Waals surface area contributed by atoms with Gasteiger partial charge in [0.05, 0.1) is 13.0 Å². The van der Waals surface area contributed by atoms with E-state index in [2.05, 4.69) is 10.1 Å². The molecule has 1 atom stereocenters. The quantitative estimate of drug-likeness (QED) is 0.668. The Morgan fingerprint density at radius 1 is 1.73 bits per heavy atom. The van der Waals surface area contributed by atoms with E-state index < -0.39 is 0 Å². The number of aliphatic hydroxyl groups is 1. The van der Waals surface area contributed by atoms with Crippen LogP contribution in [0.3, 0.4) is 0 Å². The third-order valence-electron chi connectivity index (χ3n) is 2.59. The van der Waals surface area contributed by atoms with Gasteiger partial charge in [-0.1, -0.05) is 0 Å². The fourth-order valence-electron chi connectivity index (χ4n) is 1.79. The van der Waals surface area contributed by atoms with Crippen LogP contribution in [-0.2, 0) is 29.1 Å². The summed E-state index contributed by atoms with van der Waals surface area (Å²) < 4.78 is 6.43. The van der Waals surface area contributed by atoms with Gasteiger partial charge in [0, 0.05) is 13.0 Å². The SMILES string of the molecule is COC(=O)C1CCn2nc(CO)nc2C1. The van der Waals surface area contributed by atoms with Gasteiger partial charge >= 0.3 is 5.97 Å². The monoisotopic (exact) mass is 211 g/mol. The van der Waals surface area contributed by atoms with Crippen LogP contribution in [0.2, 0.25) is 0 Å². The molecular weight excluding hydrogens is 198 g/mol. The highest BCUT2D eigenvalue weighted by atomic mass is 16.5. The highest BCUT2D eigenvalue weighted by Crippen LogP contribution is 2.19. The zero-order chi connectivity index (χ0) is 10.8. The number of aromatic nitrogens is 3. The third kappa shape index (κ3) is 1.85. The Bertz CT molecular complexity index is 375. The molecule has 1 aromatic heterocycles. The van der Waals surface area contributed by atoms with Crippen LogP contribution < -0.4 is 0 Å². The van der Waals surface area contributed by atoms with E-state index in [0.717, 1.165) is 5.82 Å². The first kappa shape index (κ1) is 10.1. The van der Waals surface area contributed by atoms with E-state index in [9.17, 15) is 4.79 Å². The third-order valence-corrected chi connectivity index (χ3v) is 2.59. The standard InChI is InChI=1S/C9H13N3O3/c1-15-9(14)6-2-3-12-8(4-6)10-7(5-13)11-12/h6,13H,2-5H2,1H3. The molecule has 1 aromatic rings. The van der Waals surface area contributed by atoms with E-state index in [-0.39, 0.29) is 18.5 Å². The summed E-state index contributed by atoms with van der Waals surface area (Å²) in [5.74, 6) is 0.837. The van der Waals surface area contributed by atoms with Gasteiger partial charge in [0.15, 0.2) is 5.82 Å². The van der Waals surface area contributed by atoms with E-state index in [0.29, 0.717) is 25.2 Å². The number of esters is 1. The first-order valence-corrected chi connectivity index (χ1v) is 4.86. The summed E-state index contributed by atoms with van der Waals surface area (Å²) in [6, 6.07) is 0. The van der Waals surface area contributed by atoms with Gasteiger partial charge in [-0.2, -0.15) is 5.10 Å². The minimum atomic E-state index is -0.199. The normalized spacial score (nSPS) is 19.7. The molecule has 0 saturated heterocycles. The highest BCUT2D eigenvalue weighted by molar-refractivity contribution is 5.72. The van der Waals surface area contributed by atoms with Crippen molar-refractivity contribution in [2.45, 2.75) is 26.0 Å². The molecule has 0 bridgehead atoms. The lowest BCUT2D eigenvalue weighted by Gasteiger charge is -2.19. The maximum atomic E-state index is 11.3. The molecule has 0 aliphatic carbocycles. The van der Waals surface area contributed by atoms with Crippen LogP contribution in [0.15, 0.2) is 0 Å². The number of ether oxygens (including phenoxy) is 1. The largest absolute Gasteiger partial charge is 0.469 e. The number of rotatable bonds is 2. The molecule has 0 fully saturated rings. The number of methoxy groups -OCH3 is 1. The molecule has 6 nitrogen and oxygen atoms in total. The Morgan fingerprint density at radius 3 is 3.20 bits per heavy atom. The van der Waals surface area contributed by atoms with Crippen molar-refractivity contribution in [1.82, 2.24) is 14.8 Å². The van der Waals surface area contributed by atoms with E-state index in [1.54, 1.807) is 4.68 Å². The van der Waals surface area contributed by atoms with Gasteiger partial charge < -0.3 is 9.84 Å². The molecule has 0 amide bonds. The van der Waals surface area contributed by atoms with Crippen molar-refractivity contribution in [3.05, 3.63) is 11.6 Å². The van der Waals surface area contributed by atoms with Crippen LogP contribution >= 0.6 is 0 Å². The lowest BCUT2D eigenvalue weighted by atomic mass is 9.98. The molecule has 1 unspecified atom stereocenters. The summed E-state index contributed by atoms with van der Waals surface area (Å²) in [6.07, 6.45) is 1.26. The van der Waals surface area contributed by atoms with E-state index in [1.165, 1.54) is 7.11 Å². The van der Waals surface area contributed by atoms with Crippen molar-refractivity contribution in [2.24, 2.45) is 5.92 Å². The average Bonchev–Trinajstić information content (AvgIpc) is 2.69. The smallest absolute Gasteiger partial charge is 0.309 e. The summed E-state index contributed by atoms with van der Waals surface area (Å²) in [7, 11) is 1.39. The van der Waals surface area contributed by atoms with Crippen molar-refractivity contribution >= 4 is 5.97 Å². The summed E-state index contributed by atoms with van der Waals surface area (Å²) >= 11 is 0. The van der Waals surface area contributed by atoms with Gasteiger partial charge in [0.2, 0.25) is 0 Å². The molecule has 0 spiro atoms. The minimum Gasteiger partial charge on any atom is -0.469 e. The van der Waals surface area contributed by atoms with Crippen LogP contribution in [0.1, 0.15) is 18.1 Å². The van der Waals surface area contributed by atoms with Crippen LogP contribution in [-0.4, -0.2) is 33.0 Å². The van der Waals surface area contributed by atoms with Crippen LogP contribution in [0, 0.1) is 5.92 Å². The zero-order valence-electron chi connectivity index (χ0n) is 8.51. The van der Waals surface area contributed by atoms with Crippen molar-refractivity contribution in [3.8, 4) is 0 Å². The number of aliphatic hydroxyl groups excluding tert-OH is 1. The highest BCUT2D eigenvalue weighted by Gasteiger charge is 2.27. The minimum absolute atomic E-state index is 0.127. The lowest BCUT2D eigenvalue weighted by Crippen LogP contribution is -2.27. The lowest BCUT2D eigenvalue weighted by molar-refractivity contribution is -0.146. The number of hydrogen-bond donors (Lipinski definition) is 1. The molecule has 1 N–H and O–H groups in total. The van der Waals surface area contributed by atoms with E-state index in [1.807, 2.05) is 0 Å². The molecule has 6 heteroatoms. The molecule has 1 aliphatic rings. The van der Waals surface area contributed by atoms with Crippen LogP contribution in [0.4, 0.5) is 0 Å². The topological polar surface area (TPSA) is 77.2 Å². The Kier molecular flexibility index (Phi) is 2.68. The molecule has 15 heavy (non-hydrogen) atoms. The Hall–Kier alpha value is -1.43. The first-order chi connectivity index (χ1) is 7.24. The molecule has 0 saturated carbocycles. The summed E-state index contributed by atoms with van der Waals surface area (Å²) in [5, 5.41) is 13.0. The van der Waals surface area contributed by atoms with Gasteiger partial charge in [-0.15, -0.1) is 0 Å². The molecule has 0 radical (unpaired) electrons. The molecule has 1 aliphatic heterocycles. The fraction of sp³-hybridized carbons (Fsp3) is 0.667. The second-order valence-electron chi connectivity index (χ2n) is 3.54. The van der Waals surface area contributed by atoms with Crippen LogP contribution in [0.25, 0.3) is 0 Å². The number of nitrogens with zero attached hydrogens (tertiary/aromatic N) is 3. The zero-order valence-corrected chi connectivity index (χ0v) is 8.51. The Balaban J connectivity index is 2.15. The summed E-state index contributed by atoms with van der Waals surface area (Å²) in [6.45, 7) is 0.491. The number of aryl methyl sites for hydroxylation is 1. The Morgan fingerprint density at radius 2 is 2.53 bits per heavy atom. The van der Waals surface area contributed by atoms with Gasteiger partial charge in [-0.05, 0) is 6.42 Å². The second kappa shape index (κ2) is 3.98. The maximum absolute atomic E-state index is 11.3. The number of carbonyl (C=O) groups is 1. The molecular formula is C9H13N3O3. The molecule has 2 heterocycles. The van der Waals surface area contributed by atoms with Crippen LogP contribution in [0.5, 0.6) is 0 Å². The first-order valence-electron chi connectivity index (χ1n) is 4.86. The van der Waals surface area contributed by atoms with Crippen molar-refractivity contribution in [2.75, 3.05) is 7.11 Å². The fourth-order valence-corrected chi connectivity index (χ4v) is 1.79. The van der Waals surface area contributed by atoms with Gasteiger partial charge in [-0.25, -0.2) is 9.67 Å². The van der Waals surface area contributed by atoms with Crippen molar-refractivity contribution < 1.29 is 14.6 Å². The molecule has 0 aromatic carbocycles. The number of carbonyl (C=O) groups excluding carboxylic acids is 1. The van der Waals surface area contributed by atoms with Crippen molar-refractivity contribution in [3.63, 3.8) is 0 Å². The van der Waals surface area contributed by atoms with E-state index >= 15 is 0 Å². The van der Waals surface area contributed by atoms with Gasteiger partial charge in [-0.3, -0.25) is 4.79 Å².